The molecule has 1 atom stereocenters. The van der Waals surface area contributed by atoms with Crippen LogP contribution >= 0.6 is 11.8 Å². The standard InChI is InChI=1S/C27H27N3O3S/c1-3-33-24-15-13-21(14-16-24)19(2)28-29-26(32)22-9-11-23(12-10-22)27-30(25(31)18-34-27)17-20-7-5-4-6-8-20/h4-16,27H,3,17-18H2,1-2H3,(H,29,32)/b28-19-/t27-/m1/s1. The van der Waals surface area contributed by atoms with Crippen molar-refractivity contribution in [3.8, 4) is 5.75 Å². The minimum absolute atomic E-state index is 0.0651. The smallest absolute Gasteiger partial charge is 0.271 e. The first-order chi connectivity index (χ1) is 16.5. The molecule has 0 radical (unpaired) electrons. The van der Waals surface area contributed by atoms with E-state index in [0.29, 0.717) is 30.2 Å². The Hall–Kier alpha value is -3.58. The number of carbonyl (C=O) groups is 2. The van der Waals surface area contributed by atoms with E-state index in [1.807, 2.05) is 85.5 Å². The van der Waals surface area contributed by atoms with Gasteiger partial charge < -0.3 is 9.64 Å². The van der Waals surface area contributed by atoms with Crippen LogP contribution in [-0.4, -0.2) is 34.8 Å². The maximum atomic E-state index is 12.6. The van der Waals surface area contributed by atoms with Crippen LogP contribution < -0.4 is 10.2 Å². The third-order valence-electron chi connectivity index (χ3n) is 5.53. The van der Waals surface area contributed by atoms with Crippen molar-refractivity contribution in [3.05, 3.63) is 101 Å². The van der Waals surface area contributed by atoms with Gasteiger partial charge in [0.25, 0.3) is 5.91 Å². The second-order valence-corrected chi connectivity index (χ2v) is 8.96. The number of nitrogens with one attached hydrogen (secondary N) is 1. The normalized spacial score (nSPS) is 15.9. The van der Waals surface area contributed by atoms with Gasteiger partial charge >= 0.3 is 0 Å². The summed E-state index contributed by atoms with van der Waals surface area (Å²) in [5.41, 5.74) is 6.83. The summed E-state index contributed by atoms with van der Waals surface area (Å²) in [5.74, 6) is 1.10. The van der Waals surface area contributed by atoms with Gasteiger partial charge in [-0.3, -0.25) is 9.59 Å². The van der Waals surface area contributed by atoms with Crippen LogP contribution in [0.25, 0.3) is 0 Å². The van der Waals surface area contributed by atoms with Crippen LogP contribution in [0.4, 0.5) is 0 Å². The summed E-state index contributed by atoms with van der Waals surface area (Å²) < 4.78 is 5.45. The highest BCUT2D eigenvalue weighted by Crippen LogP contribution is 2.39. The van der Waals surface area contributed by atoms with Gasteiger partial charge in [-0.15, -0.1) is 11.8 Å². The Morgan fingerprint density at radius 1 is 1.03 bits per heavy atom. The number of amides is 2. The van der Waals surface area contributed by atoms with Crippen molar-refractivity contribution in [3.63, 3.8) is 0 Å². The summed E-state index contributed by atoms with van der Waals surface area (Å²) in [4.78, 5) is 27.0. The molecule has 3 aromatic carbocycles. The molecule has 0 aliphatic carbocycles. The van der Waals surface area contributed by atoms with Gasteiger partial charge in [0.15, 0.2) is 0 Å². The minimum Gasteiger partial charge on any atom is -0.494 e. The number of hydrogen-bond acceptors (Lipinski definition) is 5. The van der Waals surface area contributed by atoms with E-state index >= 15 is 0 Å². The highest BCUT2D eigenvalue weighted by molar-refractivity contribution is 8.00. The van der Waals surface area contributed by atoms with Crippen LogP contribution in [-0.2, 0) is 11.3 Å². The number of thioether (sulfide) groups is 1. The molecule has 174 valence electrons. The lowest BCUT2D eigenvalue weighted by Gasteiger charge is -2.24. The third kappa shape index (κ3) is 5.66. The fourth-order valence-electron chi connectivity index (χ4n) is 3.70. The fourth-order valence-corrected chi connectivity index (χ4v) is 4.89. The molecule has 1 heterocycles. The molecule has 0 unspecified atom stereocenters. The SMILES string of the molecule is CCOc1ccc(/C(C)=N\NC(=O)c2ccc([C@H]3SCC(=O)N3Cc3ccccc3)cc2)cc1. The predicted octanol–water partition coefficient (Wildman–Crippen LogP) is 5.01. The molecule has 1 aliphatic heterocycles. The molecule has 1 N–H and O–H groups in total. The van der Waals surface area contributed by atoms with Crippen molar-refractivity contribution in [2.45, 2.75) is 25.8 Å². The molecule has 34 heavy (non-hydrogen) atoms. The number of hydrogen-bond donors (Lipinski definition) is 1. The third-order valence-corrected chi connectivity index (χ3v) is 6.79. The van der Waals surface area contributed by atoms with Gasteiger partial charge in [0.05, 0.1) is 18.1 Å². The summed E-state index contributed by atoms with van der Waals surface area (Å²) in [6, 6.07) is 24.9. The molecule has 4 rings (SSSR count). The molecule has 6 nitrogen and oxygen atoms in total. The van der Waals surface area contributed by atoms with E-state index in [1.54, 1.807) is 23.9 Å². The molecular formula is C27H27N3O3S. The van der Waals surface area contributed by atoms with E-state index in [1.165, 1.54) is 0 Å². The lowest BCUT2D eigenvalue weighted by molar-refractivity contribution is -0.128. The average Bonchev–Trinajstić information content (AvgIpc) is 3.23. The van der Waals surface area contributed by atoms with Gasteiger partial charge in [-0.2, -0.15) is 5.10 Å². The van der Waals surface area contributed by atoms with E-state index < -0.39 is 0 Å². The zero-order chi connectivity index (χ0) is 23.9. The van der Waals surface area contributed by atoms with Crippen LogP contribution in [0, 0.1) is 0 Å². The first-order valence-electron chi connectivity index (χ1n) is 11.2. The Morgan fingerprint density at radius 3 is 2.38 bits per heavy atom. The lowest BCUT2D eigenvalue weighted by Crippen LogP contribution is -2.27. The lowest BCUT2D eigenvalue weighted by atomic mass is 10.1. The Labute approximate surface area is 204 Å². The summed E-state index contributed by atoms with van der Waals surface area (Å²) in [6.07, 6.45) is 0. The Bertz CT molecular complexity index is 1160. The molecule has 7 heteroatoms. The fraction of sp³-hybridized carbons (Fsp3) is 0.222. The summed E-state index contributed by atoms with van der Waals surface area (Å²) in [6.45, 7) is 4.96. The van der Waals surface area contributed by atoms with Crippen molar-refractivity contribution in [2.24, 2.45) is 5.10 Å². The van der Waals surface area contributed by atoms with Crippen molar-refractivity contribution < 1.29 is 14.3 Å². The van der Waals surface area contributed by atoms with Crippen LogP contribution in [0.2, 0.25) is 0 Å². The molecule has 0 bridgehead atoms. The number of carbonyl (C=O) groups excluding carboxylic acids is 2. The Kier molecular flexibility index (Phi) is 7.65. The minimum atomic E-state index is -0.284. The molecule has 3 aromatic rings. The zero-order valence-electron chi connectivity index (χ0n) is 19.2. The first kappa shape index (κ1) is 23.6. The predicted molar refractivity (Wildman–Crippen MR) is 136 cm³/mol. The summed E-state index contributed by atoms with van der Waals surface area (Å²) in [7, 11) is 0. The van der Waals surface area contributed by atoms with Crippen molar-refractivity contribution in [1.29, 1.82) is 0 Å². The molecule has 0 spiro atoms. The molecule has 1 aliphatic rings. The van der Waals surface area contributed by atoms with Crippen LogP contribution in [0.5, 0.6) is 5.75 Å². The largest absolute Gasteiger partial charge is 0.494 e. The van der Waals surface area contributed by atoms with Gasteiger partial charge in [0, 0.05) is 12.1 Å². The van der Waals surface area contributed by atoms with Gasteiger partial charge in [0.2, 0.25) is 5.91 Å². The summed E-state index contributed by atoms with van der Waals surface area (Å²) >= 11 is 1.61. The maximum Gasteiger partial charge on any atom is 0.271 e. The molecule has 1 saturated heterocycles. The quantitative estimate of drug-likeness (QED) is 0.369. The van der Waals surface area contributed by atoms with E-state index in [9.17, 15) is 9.59 Å². The van der Waals surface area contributed by atoms with Gasteiger partial charge in [0.1, 0.15) is 11.1 Å². The van der Waals surface area contributed by atoms with Crippen LogP contribution in [0.15, 0.2) is 84.0 Å². The van der Waals surface area contributed by atoms with E-state index in [4.69, 9.17) is 4.74 Å². The first-order valence-corrected chi connectivity index (χ1v) is 12.2. The Morgan fingerprint density at radius 2 is 1.71 bits per heavy atom. The topological polar surface area (TPSA) is 71.0 Å². The second-order valence-electron chi connectivity index (χ2n) is 7.89. The molecule has 0 saturated carbocycles. The zero-order valence-corrected chi connectivity index (χ0v) is 20.0. The van der Waals surface area contributed by atoms with Crippen LogP contribution in [0.1, 0.15) is 46.3 Å². The van der Waals surface area contributed by atoms with Crippen molar-refractivity contribution in [1.82, 2.24) is 10.3 Å². The van der Waals surface area contributed by atoms with Crippen molar-refractivity contribution in [2.75, 3.05) is 12.4 Å². The van der Waals surface area contributed by atoms with Gasteiger partial charge in [-0.25, -0.2) is 5.43 Å². The van der Waals surface area contributed by atoms with Crippen LogP contribution in [0.3, 0.4) is 0 Å². The number of benzene rings is 3. The highest BCUT2D eigenvalue weighted by Gasteiger charge is 2.32. The number of rotatable bonds is 8. The van der Waals surface area contributed by atoms with E-state index in [0.717, 1.165) is 22.4 Å². The van der Waals surface area contributed by atoms with Crippen molar-refractivity contribution >= 4 is 29.3 Å². The molecule has 0 aromatic heterocycles. The van der Waals surface area contributed by atoms with E-state index in [2.05, 4.69) is 10.5 Å². The summed E-state index contributed by atoms with van der Waals surface area (Å²) in [5, 5.41) is 4.17. The maximum absolute atomic E-state index is 12.6. The number of ether oxygens (including phenoxy) is 1. The van der Waals surface area contributed by atoms with Gasteiger partial charge in [-0.1, -0.05) is 42.5 Å². The molecule has 1 fully saturated rings. The average molecular weight is 474 g/mol. The molecular weight excluding hydrogens is 446 g/mol. The van der Waals surface area contributed by atoms with Gasteiger partial charge in [-0.05, 0) is 66.9 Å². The van der Waals surface area contributed by atoms with E-state index in [-0.39, 0.29) is 17.2 Å². The highest BCUT2D eigenvalue weighted by atomic mass is 32.2. The number of hydrazone groups is 1. The number of nitrogens with zero attached hydrogens (tertiary/aromatic N) is 2. The monoisotopic (exact) mass is 473 g/mol. The second kappa shape index (κ2) is 11.0. The molecule has 2 amide bonds. The Balaban J connectivity index is 1.40.